The minimum Gasteiger partial charge on any atom is -0.329 e. The maximum Gasteiger partial charge on any atom is 0.0547 e. The average molecular weight is 221 g/mol. The number of rotatable bonds is 6. The van der Waals surface area contributed by atoms with Gasteiger partial charge >= 0.3 is 0 Å². The molecule has 0 amide bonds. The number of hydrogen-bond acceptors (Lipinski definition) is 3. The van der Waals surface area contributed by atoms with Crippen LogP contribution in [0.5, 0.6) is 0 Å². The molecule has 3 heteroatoms. The van der Waals surface area contributed by atoms with Gasteiger partial charge < -0.3 is 5.73 Å². The molecule has 0 aliphatic heterocycles. The second-order valence-corrected chi connectivity index (χ2v) is 4.13. The van der Waals surface area contributed by atoms with Gasteiger partial charge in [0.2, 0.25) is 0 Å². The molecule has 0 fully saturated rings. The van der Waals surface area contributed by atoms with Gasteiger partial charge in [-0.2, -0.15) is 0 Å². The van der Waals surface area contributed by atoms with Crippen LogP contribution in [0.4, 0.5) is 0 Å². The third-order valence-corrected chi connectivity index (χ3v) is 2.98. The molecule has 0 radical (unpaired) electrons. The molecule has 0 aliphatic rings. The molecule has 0 aliphatic carbocycles. The molecule has 2 N–H and O–H groups in total. The summed E-state index contributed by atoms with van der Waals surface area (Å²) >= 11 is 0. The van der Waals surface area contributed by atoms with E-state index >= 15 is 0 Å². The largest absolute Gasteiger partial charge is 0.329 e. The number of hydrogen-bond donors (Lipinski definition) is 1. The minimum atomic E-state index is 0.465. The van der Waals surface area contributed by atoms with Crippen LogP contribution in [0.3, 0.4) is 0 Å². The summed E-state index contributed by atoms with van der Waals surface area (Å²) in [4.78, 5) is 6.92. The van der Waals surface area contributed by atoms with Crippen molar-refractivity contribution in [3.63, 3.8) is 0 Å². The molecular formula is C13H23N3. The molecule has 90 valence electrons. The van der Waals surface area contributed by atoms with Crippen molar-refractivity contribution in [2.75, 3.05) is 13.1 Å². The summed E-state index contributed by atoms with van der Waals surface area (Å²) in [5.41, 5.74) is 7.99. The first-order valence-electron chi connectivity index (χ1n) is 6.07. The lowest BCUT2D eigenvalue weighted by Crippen LogP contribution is -2.39. The molecule has 1 aromatic heterocycles. The van der Waals surface area contributed by atoms with Gasteiger partial charge in [-0.1, -0.05) is 19.9 Å². The van der Waals surface area contributed by atoms with Crippen LogP contribution in [0, 0.1) is 6.92 Å². The van der Waals surface area contributed by atoms with Gasteiger partial charge in [-0.25, -0.2) is 0 Å². The SMILES string of the molecule is CCC(CN)N(CC)Cc1cccc(C)n1. The standard InChI is InChI=1S/C13H23N3/c1-4-13(9-14)16(5-2)10-12-8-6-7-11(3)15-12/h6-8,13H,4-5,9-10,14H2,1-3H3. The Kier molecular flexibility index (Phi) is 5.43. The molecule has 1 heterocycles. The Hall–Kier alpha value is -0.930. The van der Waals surface area contributed by atoms with Crippen molar-refractivity contribution >= 4 is 0 Å². The van der Waals surface area contributed by atoms with Crippen LogP contribution in [0.25, 0.3) is 0 Å². The third-order valence-electron chi connectivity index (χ3n) is 2.98. The van der Waals surface area contributed by atoms with E-state index in [1.807, 2.05) is 13.0 Å². The van der Waals surface area contributed by atoms with Crippen LogP contribution in [0.2, 0.25) is 0 Å². The van der Waals surface area contributed by atoms with Gasteiger partial charge in [-0.05, 0) is 32.0 Å². The first-order chi connectivity index (χ1) is 7.71. The molecule has 3 nitrogen and oxygen atoms in total. The number of likely N-dealkylation sites (N-methyl/N-ethyl adjacent to an activating group) is 1. The lowest BCUT2D eigenvalue weighted by molar-refractivity contribution is 0.194. The number of nitrogens with zero attached hydrogens (tertiary/aromatic N) is 2. The van der Waals surface area contributed by atoms with E-state index < -0.39 is 0 Å². The molecule has 1 unspecified atom stereocenters. The molecule has 0 saturated heterocycles. The molecule has 16 heavy (non-hydrogen) atoms. The quantitative estimate of drug-likeness (QED) is 0.798. The first kappa shape index (κ1) is 13.1. The lowest BCUT2D eigenvalue weighted by atomic mass is 10.1. The van der Waals surface area contributed by atoms with Gasteiger partial charge in [0.15, 0.2) is 0 Å². The van der Waals surface area contributed by atoms with Crippen molar-refractivity contribution in [3.05, 3.63) is 29.6 Å². The minimum absolute atomic E-state index is 0.465. The van der Waals surface area contributed by atoms with E-state index in [1.54, 1.807) is 0 Å². The zero-order chi connectivity index (χ0) is 12.0. The first-order valence-corrected chi connectivity index (χ1v) is 6.07. The van der Waals surface area contributed by atoms with Crippen molar-refractivity contribution < 1.29 is 0 Å². The summed E-state index contributed by atoms with van der Waals surface area (Å²) in [5, 5.41) is 0. The van der Waals surface area contributed by atoms with Crippen LogP contribution in [-0.2, 0) is 6.54 Å². The molecule has 1 rings (SSSR count). The van der Waals surface area contributed by atoms with E-state index in [4.69, 9.17) is 5.73 Å². The van der Waals surface area contributed by atoms with Crippen molar-refractivity contribution in [1.82, 2.24) is 9.88 Å². The van der Waals surface area contributed by atoms with Crippen LogP contribution < -0.4 is 5.73 Å². The summed E-state index contributed by atoms with van der Waals surface area (Å²) in [6.07, 6.45) is 1.09. The average Bonchev–Trinajstić information content (AvgIpc) is 2.29. The predicted molar refractivity (Wildman–Crippen MR) is 68.2 cm³/mol. The van der Waals surface area contributed by atoms with Gasteiger partial charge in [0.25, 0.3) is 0 Å². The number of aromatic nitrogens is 1. The second kappa shape index (κ2) is 6.61. The van der Waals surface area contributed by atoms with Crippen molar-refractivity contribution in [1.29, 1.82) is 0 Å². The Balaban J connectivity index is 2.69. The van der Waals surface area contributed by atoms with Crippen LogP contribution >= 0.6 is 0 Å². The fourth-order valence-electron chi connectivity index (χ4n) is 1.97. The molecule has 0 aromatic carbocycles. The van der Waals surface area contributed by atoms with Gasteiger partial charge in [-0.15, -0.1) is 0 Å². The number of nitrogens with two attached hydrogens (primary N) is 1. The van der Waals surface area contributed by atoms with Gasteiger partial charge in [0, 0.05) is 24.8 Å². The molecule has 1 atom stereocenters. The van der Waals surface area contributed by atoms with Gasteiger partial charge in [-0.3, -0.25) is 9.88 Å². The Labute approximate surface area is 98.7 Å². The lowest BCUT2D eigenvalue weighted by Gasteiger charge is -2.28. The highest BCUT2D eigenvalue weighted by molar-refractivity contribution is 5.09. The molecular weight excluding hydrogens is 198 g/mol. The summed E-state index contributed by atoms with van der Waals surface area (Å²) in [6.45, 7) is 9.02. The Morgan fingerprint density at radius 3 is 2.62 bits per heavy atom. The Morgan fingerprint density at radius 1 is 1.38 bits per heavy atom. The fraction of sp³-hybridized carbons (Fsp3) is 0.615. The topological polar surface area (TPSA) is 42.1 Å². The maximum absolute atomic E-state index is 5.78. The van der Waals surface area contributed by atoms with E-state index in [2.05, 4.69) is 35.9 Å². The predicted octanol–water partition coefficient (Wildman–Crippen LogP) is 1.95. The Morgan fingerprint density at radius 2 is 2.12 bits per heavy atom. The molecule has 0 spiro atoms. The van der Waals surface area contributed by atoms with E-state index in [0.717, 1.165) is 37.4 Å². The third kappa shape index (κ3) is 3.58. The molecule has 0 bridgehead atoms. The zero-order valence-electron chi connectivity index (χ0n) is 10.6. The van der Waals surface area contributed by atoms with Gasteiger partial charge in [0.05, 0.1) is 5.69 Å². The molecule has 1 aromatic rings. The highest BCUT2D eigenvalue weighted by atomic mass is 15.2. The number of aryl methyl sites for hydroxylation is 1. The van der Waals surface area contributed by atoms with E-state index in [0.29, 0.717) is 6.04 Å². The molecule has 0 saturated carbocycles. The monoisotopic (exact) mass is 221 g/mol. The Bertz CT molecular complexity index is 308. The zero-order valence-corrected chi connectivity index (χ0v) is 10.6. The number of pyridine rings is 1. The van der Waals surface area contributed by atoms with E-state index in [1.165, 1.54) is 0 Å². The van der Waals surface area contributed by atoms with E-state index in [9.17, 15) is 0 Å². The summed E-state index contributed by atoms with van der Waals surface area (Å²) in [6, 6.07) is 6.64. The normalized spacial score (nSPS) is 13.1. The summed E-state index contributed by atoms with van der Waals surface area (Å²) in [5.74, 6) is 0. The van der Waals surface area contributed by atoms with Crippen LogP contribution in [0.1, 0.15) is 31.7 Å². The highest BCUT2D eigenvalue weighted by Crippen LogP contribution is 2.08. The highest BCUT2D eigenvalue weighted by Gasteiger charge is 2.14. The van der Waals surface area contributed by atoms with Gasteiger partial charge in [0.1, 0.15) is 0 Å². The summed E-state index contributed by atoms with van der Waals surface area (Å²) in [7, 11) is 0. The van der Waals surface area contributed by atoms with Crippen LogP contribution in [-0.4, -0.2) is 29.0 Å². The second-order valence-electron chi connectivity index (χ2n) is 4.13. The smallest absolute Gasteiger partial charge is 0.0547 e. The van der Waals surface area contributed by atoms with Crippen molar-refractivity contribution in [3.8, 4) is 0 Å². The van der Waals surface area contributed by atoms with Crippen molar-refractivity contribution in [2.24, 2.45) is 5.73 Å². The summed E-state index contributed by atoms with van der Waals surface area (Å²) < 4.78 is 0. The maximum atomic E-state index is 5.78. The van der Waals surface area contributed by atoms with Crippen molar-refractivity contribution in [2.45, 2.75) is 39.8 Å². The van der Waals surface area contributed by atoms with Crippen LogP contribution in [0.15, 0.2) is 18.2 Å². The van der Waals surface area contributed by atoms with E-state index in [-0.39, 0.29) is 0 Å². The fourth-order valence-corrected chi connectivity index (χ4v) is 1.97.